The smallest absolute Gasteiger partial charge is 0.319 e. The second kappa shape index (κ2) is 7.59. The topological polar surface area (TPSA) is 91.4 Å². The maximum Gasteiger partial charge on any atom is 0.325 e. The van der Waals surface area contributed by atoms with Crippen molar-refractivity contribution in [3.63, 3.8) is 0 Å². The largest absolute Gasteiger partial charge is 0.325 e. The van der Waals surface area contributed by atoms with Crippen LogP contribution in [0.1, 0.15) is 17.5 Å². The SMILES string of the molecule is O=C(CN1C(=O)NC2(CCc3ccccc32)C1=O)Nc1nc(-c2cc(Cl)sc2Cl)cs1. The molecule has 1 atom stereocenters. The zero-order chi connectivity index (χ0) is 21.8. The Morgan fingerprint density at radius 3 is 2.87 bits per heavy atom. The van der Waals surface area contributed by atoms with Crippen LogP contribution in [0.3, 0.4) is 0 Å². The Kier molecular flexibility index (Phi) is 5.01. The van der Waals surface area contributed by atoms with Gasteiger partial charge in [0.2, 0.25) is 5.91 Å². The van der Waals surface area contributed by atoms with Crippen LogP contribution in [0.4, 0.5) is 9.93 Å². The van der Waals surface area contributed by atoms with E-state index in [1.807, 2.05) is 24.3 Å². The van der Waals surface area contributed by atoms with Gasteiger partial charge in [-0.2, -0.15) is 0 Å². The van der Waals surface area contributed by atoms with Gasteiger partial charge in [-0.3, -0.25) is 14.5 Å². The van der Waals surface area contributed by atoms with E-state index >= 15 is 0 Å². The fourth-order valence-electron chi connectivity index (χ4n) is 4.01. The van der Waals surface area contributed by atoms with E-state index in [9.17, 15) is 14.4 Å². The van der Waals surface area contributed by atoms with Gasteiger partial charge in [0.1, 0.15) is 16.4 Å². The van der Waals surface area contributed by atoms with Gasteiger partial charge < -0.3 is 10.6 Å². The molecule has 5 rings (SSSR count). The number of thiazole rings is 1. The highest BCUT2D eigenvalue weighted by molar-refractivity contribution is 7.20. The summed E-state index contributed by atoms with van der Waals surface area (Å²) in [6, 6.07) is 8.68. The van der Waals surface area contributed by atoms with Crippen LogP contribution in [0.5, 0.6) is 0 Å². The number of aryl methyl sites for hydroxylation is 1. The molecule has 1 saturated heterocycles. The molecule has 1 unspecified atom stereocenters. The average molecular weight is 493 g/mol. The van der Waals surface area contributed by atoms with E-state index in [0.29, 0.717) is 37.9 Å². The second-order valence-corrected chi connectivity index (χ2v) is 10.4. The molecule has 7 nitrogen and oxygen atoms in total. The summed E-state index contributed by atoms with van der Waals surface area (Å²) in [4.78, 5) is 43.6. The Balaban J connectivity index is 1.30. The van der Waals surface area contributed by atoms with E-state index in [4.69, 9.17) is 23.2 Å². The summed E-state index contributed by atoms with van der Waals surface area (Å²) >= 11 is 14.6. The minimum atomic E-state index is -1.09. The third kappa shape index (κ3) is 3.41. The number of nitrogens with one attached hydrogen (secondary N) is 2. The number of urea groups is 1. The lowest BCUT2D eigenvalue weighted by molar-refractivity contribution is -0.134. The van der Waals surface area contributed by atoms with Crippen LogP contribution < -0.4 is 10.6 Å². The number of imide groups is 1. The van der Waals surface area contributed by atoms with Crippen LogP contribution in [-0.2, 0) is 21.5 Å². The van der Waals surface area contributed by atoms with Gasteiger partial charge >= 0.3 is 6.03 Å². The first-order valence-corrected chi connectivity index (χ1v) is 11.8. The van der Waals surface area contributed by atoms with Gasteiger partial charge in [-0.1, -0.05) is 47.5 Å². The fraction of sp³-hybridized carbons (Fsp3) is 0.200. The third-order valence-corrected chi connectivity index (χ3v) is 7.65. The normalized spacial score (nSPS) is 19.7. The first-order chi connectivity index (χ1) is 14.9. The molecule has 1 spiro atoms. The van der Waals surface area contributed by atoms with Crippen LogP contribution in [0.2, 0.25) is 8.67 Å². The molecule has 158 valence electrons. The lowest BCUT2D eigenvalue weighted by Crippen LogP contribution is -2.42. The van der Waals surface area contributed by atoms with Gasteiger partial charge in [0, 0.05) is 10.9 Å². The van der Waals surface area contributed by atoms with Crippen molar-refractivity contribution < 1.29 is 14.4 Å². The molecule has 11 heteroatoms. The predicted molar refractivity (Wildman–Crippen MR) is 121 cm³/mol. The molecule has 1 aliphatic carbocycles. The molecule has 2 N–H and O–H groups in total. The minimum Gasteiger partial charge on any atom is -0.319 e. The molecular formula is C20H14Cl2N4O3S2. The zero-order valence-corrected chi connectivity index (χ0v) is 18.9. The maximum atomic E-state index is 13.1. The number of amides is 4. The molecule has 2 aromatic heterocycles. The monoisotopic (exact) mass is 492 g/mol. The van der Waals surface area contributed by atoms with Crippen LogP contribution in [0.25, 0.3) is 11.3 Å². The lowest BCUT2D eigenvalue weighted by Gasteiger charge is -2.22. The number of anilines is 1. The van der Waals surface area contributed by atoms with Crippen LogP contribution in [0, 0.1) is 0 Å². The average Bonchev–Trinajstić information content (AvgIpc) is 3.47. The van der Waals surface area contributed by atoms with Gasteiger partial charge in [0.25, 0.3) is 5.91 Å². The Bertz CT molecular complexity index is 1240. The summed E-state index contributed by atoms with van der Waals surface area (Å²) in [6.07, 6.45) is 1.17. The Labute approximate surface area is 195 Å². The molecular weight excluding hydrogens is 479 g/mol. The van der Waals surface area contributed by atoms with E-state index < -0.39 is 29.9 Å². The third-order valence-electron chi connectivity index (χ3n) is 5.41. The molecule has 0 bridgehead atoms. The Morgan fingerprint density at radius 1 is 1.29 bits per heavy atom. The number of nitrogens with zero attached hydrogens (tertiary/aromatic N) is 2. The lowest BCUT2D eigenvalue weighted by atomic mass is 9.92. The second-order valence-electron chi connectivity index (χ2n) is 7.21. The summed E-state index contributed by atoms with van der Waals surface area (Å²) in [6.45, 7) is -0.394. The van der Waals surface area contributed by atoms with Gasteiger partial charge in [0.05, 0.1) is 10.0 Å². The fourth-order valence-corrected chi connectivity index (χ4v) is 6.21. The predicted octanol–water partition coefficient (Wildman–Crippen LogP) is 4.51. The summed E-state index contributed by atoms with van der Waals surface area (Å²) < 4.78 is 1.05. The number of hydrogen-bond acceptors (Lipinski definition) is 6. The van der Waals surface area contributed by atoms with Crippen molar-refractivity contribution >= 4 is 68.9 Å². The van der Waals surface area contributed by atoms with E-state index in [-0.39, 0.29) is 0 Å². The number of carbonyl (C=O) groups is 3. The van der Waals surface area contributed by atoms with Crippen molar-refractivity contribution in [2.45, 2.75) is 18.4 Å². The molecule has 3 aromatic rings. The van der Waals surface area contributed by atoms with Crippen molar-refractivity contribution in [1.82, 2.24) is 15.2 Å². The number of thiophene rings is 1. The van der Waals surface area contributed by atoms with Crippen molar-refractivity contribution in [2.24, 2.45) is 0 Å². The summed E-state index contributed by atoms with van der Waals surface area (Å²) in [7, 11) is 0. The molecule has 1 aromatic carbocycles. The highest BCUT2D eigenvalue weighted by atomic mass is 35.5. The number of hydrogen-bond donors (Lipinski definition) is 2. The number of benzene rings is 1. The maximum absolute atomic E-state index is 13.1. The standard InChI is InChI=1S/C20H14Cl2N4O3S2/c21-14-7-11(16(22)31-14)13-9-30-18(23-13)24-15(27)8-26-17(28)20(25-19(26)29)6-5-10-3-1-2-4-12(10)20/h1-4,7,9H,5-6,8H2,(H,25,29)(H,23,24,27). The minimum absolute atomic E-state index is 0.339. The van der Waals surface area contributed by atoms with E-state index in [1.165, 1.54) is 22.7 Å². The van der Waals surface area contributed by atoms with Crippen molar-refractivity contribution in [2.75, 3.05) is 11.9 Å². The Morgan fingerprint density at radius 2 is 2.10 bits per heavy atom. The highest BCUT2D eigenvalue weighted by Crippen LogP contribution is 2.41. The van der Waals surface area contributed by atoms with Crippen molar-refractivity contribution in [1.29, 1.82) is 0 Å². The number of carbonyl (C=O) groups excluding carboxylic acids is 3. The quantitative estimate of drug-likeness (QED) is 0.524. The molecule has 1 fully saturated rings. The van der Waals surface area contributed by atoms with Crippen LogP contribution in [-0.4, -0.2) is 34.3 Å². The van der Waals surface area contributed by atoms with Gasteiger partial charge in [0.15, 0.2) is 5.13 Å². The Hall–Kier alpha value is -2.46. The van der Waals surface area contributed by atoms with E-state index in [0.717, 1.165) is 16.0 Å². The van der Waals surface area contributed by atoms with Crippen molar-refractivity contribution in [3.05, 3.63) is 55.5 Å². The summed E-state index contributed by atoms with van der Waals surface area (Å²) in [5.41, 5.74) is 2.02. The van der Waals surface area contributed by atoms with Crippen LogP contribution >= 0.6 is 45.9 Å². The number of halogens is 2. The summed E-state index contributed by atoms with van der Waals surface area (Å²) in [5.74, 6) is -0.917. The van der Waals surface area contributed by atoms with E-state index in [2.05, 4.69) is 15.6 Å². The van der Waals surface area contributed by atoms with E-state index in [1.54, 1.807) is 11.4 Å². The number of rotatable bonds is 4. The number of aromatic nitrogens is 1. The molecule has 4 amide bonds. The molecule has 0 saturated carbocycles. The van der Waals surface area contributed by atoms with Crippen LogP contribution in [0.15, 0.2) is 35.7 Å². The van der Waals surface area contributed by atoms with Gasteiger partial charge in [-0.25, -0.2) is 9.78 Å². The first kappa shape index (κ1) is 20.4. The van der Waals surface area contributed by atoms with Gasteiger partial charge in [-0.05, 0) is 30.0 Å². The molecule has 0 radical (unpaired) electrons. The summed E-state index contributed by atoms with van der Waals surface area (Å²) in [5, 5.41) is 7.54. The van der Waals surface area contributed by atoms with Gasteiger partial charge in [-0.15, -0.1) is 22.7 Å². The molecule has 31 heavy (non-hydrogen) atoms. The molecule has 3 heterocycles. The highest BCUT2D eigenvalue weighted by Gasteiger charge is 2.55. The molecule has 1 aliphatic heterocycles. The zero-order valence-electron chi connectivity index (χ0n) is 15.8. The molecule has 2 aliphatic rings. The van der Waals surface area contributed by atoms with Crippen molar-refractivity contribution in [3.8, 4) is 11.3 Å². The first-order valence-electron chi connectivity index (χ1n) is 9.30. The number of fused-ring (bicyclic) bond motifs is 2.